The van der Waals surface area contributed by atoms with Gasteiger partial charge in [-0.15, -0.1) is 0 Å². The molecule has 2 aromatic rings. The lowest BCUT2D eigenvalue weighted by molar-refractivity contribution is 0.407. The first-order valence-corrected chi connectivity index (χ1v) is 8.89. The second kappa shape index (κ2) is 6.78. The summed E-state index contributed by atoms with van der Waals surface area (Å²) in [6.45, 7) is 4.40. The van der Waals surface area contributed by atoms with Crippen LogP contribution in [0.1, 0.15) is 16.8 Å². The van der Waals surface area contributed by atoms with Crippen LogP contribution in [0.3, 0.4) is 0 Å². The van der Waals surface area contributed by atoms with Crippen LogP contribution in [0, 0.1) is 13.8 Å². The fourth-order valence-corrected chi connectivity index (χ4v) is 4.09. The van der Waals surface area contributed by atoms with Crippen molar-refractivity contribution in [3.05, 3.63) is 41.2 Å². The number of nitrogens with zero attached hydrogens (tertiary/aromatic N) is 2. The first-order chi connectivity index (χ1) is 11.5. The number of nitrogens with one attached hydrogen (secondary N) is 1. The number of pyridine rings is 1. The van der Waals surface area contributed by atoms with Gasteiger partial charge in [-0.05, 0) is 26.0 Å². The molecule has 6 nitrogen and oxygen atoms in total. The van der Waals surface area contributed by atoms with Crippen molar-refractivity contribution in [1.29, 1.82) is 0 Å². The van der Waals surface area contributed by atoms with Gasteiger partial charge in [0, 0.05) is 23.4 Å². The number of aryl methyl sites for hydroxylation is 1. The zero-order valence-corrected chi connectivity index (χ0v) is 15.1. The summed E-state index contributed by atoms with van der Waals surface area (Å²) < 4.78 is 25.4. The van der Waals surface area contributed by atoms with Crippen LogP contribution < -0.4 is 19.1 Å². The van der Waals surface area contributed by atoms with E-state index in [0.717, 1.165) is 39.7 Å². The molecule has 128 valence electrons. The molecule has 0 amide bonds. The SMILES string of the molecule is COc1ccc2c(c1)N([S+]([O-])Cc1ncc(C)c(OC)c1C)CN2. The molecule has 0 radical (unpaired) electrons. The fraction of sp³-hybridized carbons (Fsp3) is 0.353. The first-order valence-electron chi connectivity index (χ1n) is 7.62. The van der Waals surface area contributed by atoms with Crippen LogP contribution in [0.15, 0.2) is 24.4 Å². The molecule has 0 saturated heterocycles. The zero-order chi connectivity index (χ0) is 17.3. The Labute approximate surface area is 145 Å². The van der Waals surface area contributed by atoms with Crippen molar-refractivity contribution in [3.63, 3.8) is 0 Å². The molecule has 1 aliphatic heterocycles. The standard InChI is InChI=1S/C17H21N3O3S/c1-11-8-18-15(12(2)17(11)23-4)9-24(21)20-10-19-14-6-5-13(22-3)7-16(14)20/h5-8,19H,9-10H2,1-4H3. The van der Waals surface area contributed by atoms with Crippen molar-refractivity contribution in [2.75, 3.05) is 30.5 Å². The summed E-state index contributed by atoms with van der Waals surface area (Å²) in [5.74, 6) is 1.88. The topological polar surface area (TPSA) is 69.7 Å². The van der Waals surface area contributed by atoms with Crippen molar-refractivity contribution in [2.45, 2.75) is 19.6 Å². The Balaban J connectivity index is 1.84. The van der Waals surface area contributed by atoms with Gasteiger partial charge in [0.05, 0.1) is 37.0 Å². The van der Waals surface area contributed by atoms with Crippen molar-refractivity contribution in [2.24, 2.45) is 0 Å². The molecule has 1 N–H and O–H groups in total. The van der Waals surface area contributed by atoms with Gasteiger partial charge < -0.3 is 19.3 Å². The smallest absolute Gasteiger partial charge is 0.173 e. The summed E-state index contributed by atoms with van der Waals surface area (Å²) in [5, 5.41) is 3.25. The van der Waals surface area contributed by atoms with E-state index in [0.29, 0.717) is 12.4 Å². The largest absolute Gasteiger partial charge is 0.593 e. The van der Waals surface area contributed by atoms with Crippen LogP contribution in [-0.2, 0) is 17.1 Å². The molecule has 1 aliphatic rings. The zero-order valence-electron chi connectivity index (χ0n) is 14.3. The Morgan fingerprint density at radius 2 is 2.08 bits per heavy atom. The number of aromatic nitrogens is 1. The minimum Gasteiger partial charge on any atom is -0.593 e. The molecule has 1 aromatic heterocycles. The van der Waals surface area contributed by atoms with Crippen LogP contribution in [0.5, 0.6) is 11.5 Å². The molecule has 1 aromatic carbocycles. The third-order valence-corrected chi connectivity index (χ3v) is 5.48. The number of hydrogen-bond acceptors (Lipinski definition) is 6. The van der Waals surface area contributed by atoms with Gasteiger partial charge in [-0.2, -0.15) is 4.31 Å². The number of rotatable bonds is 5. The van der Waals surface area contributed by atoms with E-state index >= 15 is 0 Å². The van der Waals surface area contributed by atoms with Crippen molar-refractivity contribution in [3.8, 4) is 11.5 Å². The van der Waals surface area contributed by atoms with Gasteiger partial charge in [-0.1, -0.05) is 0 Å². The second-order valence-corrected chi connectivity index (χ2v) is 6.98. The predicted octanol–water partition coefficient (Wildman–Crippen LogP) is 2.77. The quantitative estimate of drug-likeness (QED) is 0.839. The number of methoxy groups -OCH3 is 2. The monoisotopic (exact) mass is 347 g/mol. The van der Waals surface area contributed by atoms with Gasteiger partial charge in [0.2, 0.25) is 0 Å². The van der Waals surface area contributed by atoms with Crippen molar-refractivity contribution in [1.82, 2.24) is 4.98 Å². The lowest BCUT2D eigenvalue weighted by atomic mass is 10.1. The van der Waals surface area contributed by atoms with Gasteiger partial charge in [0.25, 0.3) is 0 Å². The van der Waals surface area contributed by atoms with Crippen LogP contribution in [0.4, 0.5) is 11.4 Å². The Morgan fingerprint density at radius 1 is 1.29 bits per heavy atom. The van der Waals surface area contributed by atoms with Gasteiger partial charge in [0.15, 0.2) is 5.75 Å². The normalized spacial score (nSPS) is 14.1. The highest BCUT2D eigenvalue weighted by Gasteiger charge is 2.30. The summed E-state index contributed by atoms with van der Waals surface area (Å²) in [6.07, 6.45) is 1.76. The molecular formula is C17H21N3O3S. The van der Waals surface area contributed by atoms with Crippen molar-refractivity contribution < 1.29 is 14.0 Å². The van der Waals surface area contributed by atoms with E-state index in [-0.39, 0.29) is 0 Å². The van der Waals surface area contributed by atoms with Gasteiger partial charge in [-0.25, -0.2) is 0 Å². The average molecular weight is 347 g/mol. The fourth-order valence-electron chi connectivity index (χ4n) is 2.83. The van der Waals surface area contributed by atoms with Crippen LogP contribution in [-0.4, -0.2) is 30.4 Å². The van der Waals surface area contributed by atoms with Crippen molar-refractivity contribution >= 4 is 22.7 Å². The average Bonchev–Trinajstić information content (AvgIpc) is 3.01. The molecule has 3 rings (SSSR count). The molecule has 0 bridgehead atoms. The molecule has 0 spiro atoms. The van der Waals surface area contributed by atoms with Crippen LogP contribution >= 0.6 is 0 Å². The number of hydrogen-bond donors (Lipinski definition) is 1. The van der Waals surface area contributed by atoms with E-state index in [2.05, 4.69) is 10.3 Å². The molecule has 7 heteroatoms. The molecule has 24 heavy (non-hydrogen) atoms. The van der Waals surface area contributed by atoms with E-state index in [9.17, 15) is 4.55 Å². The van der Waals surface area contributed by atoms with Gasteiger partial charge in [0.1, 0.15) is 23.9 Å². The Morgan fingerprint density at radius 3 is 2.79 bits per heavy atom. The molecule has 1 atom stereocenters. The molecule has 0 saturated carbocycles. The minimum atomic E-state index is -1.25. The highest BCUT2D eigenvalue weighted by Crippen LogP contribution is 2.37. The van der Waals surface area contributed by atoms with E-state index < -0.39 is 11.4 Å². The second-order valence-electron chi connectivity index (χ2n) is 5.61. The number of anilines is 2. The van der Waals surface area contributed by atoms with E-state index in [1.165, 1.54) is 0 Å². The van der Waals surface area contributed by atoms with Crippen LogP contribution in [0.25, 0.3) is 0 Å². The first kappa shape index (κ1) is 16.7. The summed E-state index contributed by atoms with van der Waals surface area (Å²) in [7, 11) is 3.26. The highest BCUT2D eigenvalue weighted by molar-refractivity contribution is 7.92. The Hall–Kier alpha value is -2.12. The number of benzene rings is 1. The summed E-state index contributed by atoms with van der Waals surface area (Å²) in [5.41, 5.74) is 4.53. The lowest BCUT2D eigenvalue weighted by Crippen LogP contribution is -2.32. The molecule has 0 aliphatic carbocycles. The van der Waals surface area contributed by atoms with E-state index in [1.807, 2.05) is 36.4 Å². The van der Waals surface area contributed by atoms with Gasteiger partial charge in [-0.3, -0.25) is 4.98 Å². The third kappa shape index (κ3) is 2.97. The summed E-state index contributed by atoms with van der Waals surface area (Å²) >= 11 is -1.25. The van der Waals surface area contributed by atoms with Gasteiger partial charge >= 0.3 is 0 Å². The number of fused-ring (bicyclic) bond motifs is 1. The Kier molecular flexibility index (Phi) is 4.73. The maximum Gasteiger partial charge on any atom is 0.173 e. The predicted molar refractivity (Wildman–Crippen MR) is 96.1 cm³/mol. The third-order valence-electron chi connectivity index (χ3n) is 4.14. The highest BCUT2D eigenvalue weighted by atomic mass is 32.2. The van der Waals surface area contributed by atoms with E-state index in [4.69, 9.17) is 9.47 Å². The molecule has 1 unspecified atom stereocenters. The maximum atomic E-state index is 12.9. The summed E-state index contributed by atoms with van der Waals surface area (Å²) in [4.78, 5) is 4.44. The molecular weight excluding hydrogens is 326 g/mol. The minimum absolute atomic E-state index is 0.334. The maximum absolute atomic E-state index is 12.9. The number of ether oxygens (including phenoxy) is 2. The van der Waals surface area contributed by atoms with Crippen LogP contribution in [0.2, 0.25) is 0 Å². The molecule has 0 fully saturated rings. The molecule has 2 heterocycles. The Bertz CT molecular complexity index is 754. The van der Waals surface area contributed by atoms with E-state index in [1.54, 1.807) is 20.4 Å². The summed E-state index contributed by atoms with van der Waals surface area (Å²) in [6, 6.07) is 5.71. The lowest BCUT2D eigenvalue weighted by Gasteiger charge is -2.22.